The van der Waals surface area contributed by atoms with E-state index in [1.807, 2.05) is 0 Å². The fraction of sp³-hybridized carbons (Fsp3) is 0.385. The van der Waals surface area contributed by atoms with Crippen LogP contribution in [0.15, 0.2) is 0 Å². The third-order valence-electron chi connectivity index (χ3n) is 3.19. The molecule has 3 heteroatoms. The summed E-state index contributed by atoms with van der Waals surface area (Å²) in [5.41, 5.74) is 3.88. The molecular formula is C13H16O3. The van der Waals surface area contributed by atoms with Crippen molar-refractivity contribution in [3.63, 3.8) is 0 Å². The Hall–Kier alpha value is -1.64. The number of carbonyl (C=O) groups is 2. The molecule has 86 valence electrons. The summed E-state index contributed by atoms with van der Waals surface area (Å²) in [7, 11) is 0. The smallest absolute Gasteiger partial charge is 0.336 e. The summed E-state index contributed by atoms with van der Waals surface area (Å²) >= 11 is 0. The van der Waals surface area contributed by atoms with Crippen LogP contribution in [0, 0.1) is 27.7 Å². The Morgan fingerprint density at radius 1 is 0.812 bits per heavy atom. The number of benzene rings is 1. The lowest BCUT2D eigenvalue weighted by molar-refractivity contribution is 0.0694. The monoisotopic (exact) mass is 220 g/mol. The van der Waals surface area contributed by atoms with E-state index in [4.69, 9.17) is 5.11 Å². The van der Waals surface area contributed by atoms with Crippen molar-refractivity contribution in [1.82, 2.24) is 0 Å². The second kappa shape index (κ2) is 4.08. The number of hydrogen-bond donors (Lipinski definition) is 1. The van der Waals surface area contributed by atoms with Gasteiger partial charge in [0.25, 0.3) is 0 Å². The first kappa shape index (κ1) is 12.4. The lowest BCUT2D eigenvalue weighted by Crippen LogP contribution is -2.12. The number of Topliss-reactive ketones (excluding diaryl/α,β-unsaturated/α-hetero) is 1. The van der Waals surface area contributed by atoms with Crippen molar-refractivity contribution in [1.29, 1.82) is 0 Å². The largest absolute Gasteiger partial charge is 0.478 e. The highest BCUT2D eigenvalue weighted by Gasteiger charge is 2.20. The first-order valence-corrected chi connectivity index (χ1v) is 5.13. The summed E-state index contributed by atoms with van der Waals surface area (Å²) in [6.45, 7) is 8.60. The van der Waals surface area contributed by atoms with Crippen LogP contribution in [0.5, 0.6) is 0 Å². The van der Waals surface area contributed by atoms with Gasteiger partial charge in [0, 0.05) is 5.56 Å². The van der Waals surface area contributed by atoms with E-state index >= 15 is 0 Å². The van der Waals surface area contributed by atoms with Gasteiger partial charge in [0.15, 0.2) is 5.78 Å². The molecule has 0 bridgehead atoms. The Balaban J connectivity index is 3.77. The predicted molar refractivity (Wildman–Crippen MR) is 62.4 cm³/mol. The highest BCUT2D eigenvalue weighted by molar-refractivity contribution is 6.01. The molecule has 0 aromatic heterocycles. The van der Waals surface area contributed by atoms with Crippen molar-refractivity contribution in [2.45, 2.75) is 34.6 Å². The molecule has 1 rings (SSSR count). The maximum absolute atomic E-state index is 11.5. The van der Waals surface area contributed by atoms with E-state index in [-0.39, 0.29) is 5.78 Å². The van der Waals surface area contributed by atoms with Crippen molar-refractivity contribution < 1.29 is 14.7 Å². The standard InChI is InChI=1S/C13H16O3/c1-6-8(3)12(13(15)16)9(4)7(2)11(6)10(5)14/h1-5H3,(H,15,16). The minimum absolute atomic E-state index is 0.0156. The molecule has 3 nitrogen and oxygen atoms in total. The SMILES string of the molecule is CC(=O)c1c(C)c(C)c(C(=O)O)c(C)c1C. The fourth-order valence-electron chi connectivity index (χ4n) is 2.16. The Bertz CT molecular complexity index is 410. The number of carbonyl (C=O) groups excluding carboxylic acids is 1. The molecule has 1 aromatic carbocycles. The van der Waals surface area contributed by atoms with E-state index in [9.17, 15) is 9.59 Å². The number of aromatic carboxylic acids is 1. The van der Waals surface area contributed by atoms with E-state index in [1.54, 1.807) is 27.7 Å². The van der Waals surface area contributed by atoms with Crippen molar-refractivity contribution in [3.05, 3.63) is 33.4 Å². The molecule has 0 unspecified atom stereocenters. The molecule has 0 saturated heterocycles. The molecular weight excluding hydrogens is 204 g/mol. The quantitative estimate of drug-likeness (QED) is 0.780. The average molecular weight is 220 g/mol. The summed E-state index contributed by atoms with van der Waals surface area (Å²) in [5.74, 6) is -0.950. The molecule has 0 spiro atoms. The van der Waals surface area contributed by atoms with Crippen LogP contribution < -0.4 is 0 Å². The van der Waals surface area contributed by atoms with Crippen molar-refractivity contribution in [2.75, 3.05) is 0 Å². The molecule has 0 aliphatic rings. The molecule has 0 saturated carbocycles. The summed E-state index contributed by atoms with van der Waals surface area (Å²) in [4.78, 5) is 22.7. The second-order valence-electron chi connectivity index (χ2n) is 4.11. The van der Waals surface area contributed by atoms with Gasteiger partial charge in [0.1, 0.15) is 0 Å². The lowest BCUT2D eigenvalue weighted by atomic mass is 9.87. The molecule has 1 N–H and O–H groups in total. The average Bonchev–Trinajstić information content (AvgIpc) is 2.14. The molecule has 0 atom stereocenters. The minimum Gasteiger partial charge on any atom is -0.478 e. The van der Waals surface area contributed by atoms with Gasteiger partial charge in [-0.2, -0.15) is 0 Å². The van der Waals surface area contributed by atoms with Crippen LogP contribution in [0.3, 0.4) is 0 Å². The maximum atomic E-state index is 11.5. The van der Waals surface area contributed by atoms with E-state index in [0.717, 1.165) is 11.1 Å². The van der Waals surface area contributed by atoms with Gasteiger partial charge in [-0.1, -0.05) is 0 Å². The third-order valence-corrected chi connectivity index (χ3v) is 3.19. The van der Waals surface area contributed by atoms with Gasteiger partial charge in [-0.25, -0.2) is 4.79 Å². The highest BCUT2D eigenvalue weighted by atomic mass is 16.4. The maximum Gasteiger partial charge on any atom is 0.336 e. The molecule has 0 aliphatic heterocycles. The molecule has 0 fully saturated rings. The van der Waals surface area contributed by atoms with E-state index in [2.05, 4.69) is 0 Å². The molecule has 16 heavy (non-hydrogen) atoms. The Morgan fingerprint density at radius 2 is 1.12 bits per heavy atom. The summed E-state index contributed by atoms with van der Waals surface area (Å²) in [6.07, 6.45) is 0. The van der Waals surface area contributed by atoms with Gasteiger partial charge >= 0.3 is 5.97 Å². The van der Waals surface area contributed by atoms with Crippen molar-refractivity contribution >= 4 is 11.8 Å². The van der Waals surface area contributed by atoms with Crippen LogP contribution >= 0.6 is 0 Å². The Labute approximate surface area is 95.1 Å². The summed E-state index contributed by atoms with van der Waals surface area (Å²) in [5, 5.41) is 9.14. The van der Waals surface area contributed by atoms with E-state index in [0.29, 0.717) is 22.3 Å². The molecule has 0 amide bonds. The van der Waals surface area contributed by atoms with Gasteiger partial charge in [0.2, 0.25) is 0 Å². The van der Waals surface area contributed by atoms with Gasteiger partial charge in [-0.3, -0.25) is 4.79 Å². The van der Waals surface area contributed by atoms with Crippen molar-refractivity contribution in [2.24, 2.45) is 0 Å². The van der Waals surface area contributed by atoms with Crippen LogP contribution in [-0.4, -0.2) is 16.9 Å². The first-order chi connectivity index (χ1) is 7.29. The minimum atomic E-state index is -0.934. The third kappa shape index (κ3) is 1.73. The highest BCUT2D eigenvalue weighted by Crippen LogP contribution is 2.26. The van der Waals surface area contributed by atoms with Crippen molar-refractivity contribution in [3.8, 4) is 0 Å². The van der Waals surface area contributed by atoms with Gasteiger partial charge in [-0.05, 0) is 56.9 Å². The molecule has 1 aromatic rings. The summed E-state index contributed by atoms with van der Waals surface area (Å²) < 4.78 is 0. The van der Waals surface area contributed by atoms with Crippen LogP contribution in [0.25, 0.3) is 0 Å². The van der Waals surface area contributed by atoms with Crippen LogP contribution in [0.1, 0.15) is 49.9 Å². The lowest BCUT2D eigenvalue weighted by Gasteiger charge is -2.16. The number of rotatable bonds is 2. The number of ketones is 1. The zero-order valence-electron chi connectivity index (χ0n) is 10.3. The predicted octanol–water partition coefficient (Wildman–Crippen LogP) is 2.82. The summed E-state index contributed by atoms with van der Waals surface area (Å²) in [6, 6.07) is 0. The molecule has 0 heterocycles. The Kier molecular flexibility index (Phi) is 3.17. The van der Waals surface area contributed by atoms with Gasteiger partial charge in [0.05, 0.1) is 5.56 Å². The van der Waals surface area contributed by atoms with Gasteiger partial charge < -0.3 is 5.11 Å². The second-order valence-corrected chi connectivity index (χ2v) is 4.11. The van der Waals surface area contributed by atoms with E-state index < -0.39 is 5.97 Å². The van der Waals surface area contributed by atoms with Crippen LogP contribution in [0.2, 0.25) is 0 Å². The number of carboxylic acids is 1. The first-order valence-electron chi connectivity index (χ1n) is 5.13. The molecule has 0 aliphatic carbocycles. The van der Waals surface area contributed by atoms with E-state index in [1.165, 1.54) is 6.92 Å². The number of carboxylic acid groups (broad SMARTS) is 1. The zero-order chi connectivity index (χ0) is 12.6. The van der Waals surface area contributed by atoms with Gasteiger partial charge in [-0.15, -0.1) is 0 Å². The molecule has 0 radical (unpaired) electrons. The van der Waals surface area contributed by atoms with Crippen LogP contribution in [0.4, 0.5) is 0 Å². The topological polar surface area (TPSA) is 54.4 Å². The normalized spacial score (nSPS) is 10.3. The zero-order valence-corrected chi connectivity index (χ0v) is 10.3. The number of hydrogen-bond acceptors (Lipinski definition) is 2. The Morgan fingerprint density at radius 3 is 1.38 bits per heavy atom. The fourth-order valence-corrected chi connectivity index (χ4v) is 2.16. The van der Waals surface area contributed by atoms with Crippen LogP contribution in [-0.2, 0) is 0 Å².